The lowest BCUT2D eigenvalue weighted by Crippen LogP contribution is -2.24. The Kier molecular flexibility index (Phi) is 2.86. The molecule has 0 aliphatic carbocycles. The molecule has 1 saturated heterocycles. The molecule has 0 bridgehead atoms. The molecule has 1 aromatic carbocycles. The van der Waals surface area contributed by atoms with E-state index in [2.05, 4.69) is 24.8 Å². The summed E-state index contributed by atoms with van der Waals surface area (Å²) in [4.78, 5) is 2.26. The summed E-state index contributed by atoms with van der Waals surface area (Å²) in [6, 6.07) is 4.12. The third kappa shape index (κ3) is 2.25. The molecule has 104 valence electrons. The van der Waals surface area contributed by atoms with Gasteiger partial charge in [-0.25, -0.2) is 0 Å². The number of anilines is 2. The van der Waals surface area contributed by atoms with Crippen molar-refractivity contribution in [2.45, 2.75) is 32.3 Å². The first-order valence-corrected chi connectivity index (χ1v) is 6.96. The molecule has 4 nitrogen and oxygen atoms in total. The molecule has 1 fully saturated rings. The highest BCUT2D eigenvalue weighted by atomic mass is 16.5. The van der Waals surface area contributed by atoms with Crippen molar-refractivity contribution in [3.05, 3.63) is 17.7 Å². The van der Waals surface area contributed by atoms with Gasteiger partial charge in [-0.3, -0.25) is 0 Å². The molecule has 2 heterocycles. The number of nitrogen functional groups attached to an aromatic ring is 1. The van der Waals surface area contributed by atoms with Crippen LogP contribution in [0.1, 0.15) is 25.8 Å². The fraction of sp³-hybridized carbons (Fsp3) is 0.600. The number of rotatable bonds is 2. The largest absolute Gasteiger partial charge is 0.487 e. The van der Waals surface area contributed by atoms with Gasteiger partial charge in [0.05, 0.1) is 11.4 Å². The van der Waals surface area contributed by atoms with Crippen LogP contribution in [0.3, 0.4) is 0 Å². The highest BCUT2D eigenvalue weighted by molar-refractivity contribution is 5.72. The van der Waals surface area contributed by atoms with Gasteiger partial charge in [0.15, 0.2) is 0 Å². The zero-order valence-corrected chi connectivity index (χ0v) is 11.6. The highest BCUT2D eigenvalue weighted by Crippen LogP contribution is 2.41. The van der Waals surface area contributed by atoms with Crippen LogP contribution in [0, 0.1) is 5.92 Å². The maximum Gasteiger partial charge on any atom is 0.125 e. The number of hydrogen-bond acceptors (Lipinski definition) is 4. The Labute approximate surface area is 114 Å². The van der Waals surface area contributed by atoms with Crippen LogP contribution >= 0.6 is 0 Å². The van der Waals surface area contributed by atoms with Gasteiger partial charge >= 0.3 is 0 Å². The molecule has 4 heteroatoms. The lowest BCUT2D eigenvalue weighted by molar-refractivity contribution is 0.138. The average molecular weight is 262 g/mol. The van der Waals surface area contributed by atoms with Crippen molar-refractivity contribution in [3.8, 4) is 5.75 Å². The van der Waals surface area contributed by atoms with Crippen molar-refractivity contribution >= 4 is 11.4 Å². The zero-order chi connectivity index (χ0) is 13.6. The Morgan fingerprint density at radius 3 is 2.95 bits per heavy atom. The fourth-order valence-corrected chi connectivity index (χ4v) is 3.13. The van der Waals surface area contributed by atoms with Crippen LogP contribution < -0.4 is 15.4 Å². The number of nitrogens with zero attached hydrogens (tertiary/aromatic N) is 1. The normalized spacial score (nSPS) is 24.4. The molecule has 3 N–H and O–H groups in total. The second-order valence-electron chi connectivity index (χ2n) is 6.34. The van der Waals surface area contributed by atoms with Crippen molar-refractivity contribution in [3.63, 3.8) is 0 Å². The van der Waals surface area contributed by atoms with Gasteiger partial charge in [-0.1, -0.05) is 0 Å². The molecule has 1 unspecified atom stereocenters. The SMILES string of the molecule is CC1(C)Cc2cc(N)c(N3CCC(CO)C3)cc2O1. The number of nitrogens with two attached hydrogens (primary N) is 1. The zero-order valence-electron chi connectivity index (χ0n) is 11.6. The quantitative estimate of drug-likeness (QED) is 0.798. The number of fused-ring (bicyclic) bond motifs is 1. The minimum Gasteiger partial charge on any atom is -0.487 e. The van der Waals surface area contributed by atoms with E-state index in [1.165, 1.54) is 5.56 Å². The summed E-state index contributed by atoms with van der Waals surface area (Å²) in [5, 5.41) is 9.24. The minimum atomic E-state index is -0.133. The molecule has 1 atom stereocenters. The topological polar surface area (TPSA) is 58.7 Å². The molecule has 0 saturated carbocycles. The first kappa shape index (κ1) is 12.6. The summed E-state index contributed by atoms with van der Waals surface area (Å²) in [6.45, 7) is 6.28. The molecular weight excluding hydrogens is 240 g/mol. The van der Waals surface area contributed by atoms with Gasteiger partial charge in [0, 0.05) is 43.7 Å². The van der Waals surface area contributed by atoms with Crippen LogP contribution in [-0.2, 0) is 6.42 Å². The third-order valence-corrected chi connectivity index (χ3v) is 4.10. The summed E-state index contributed by atoms with van der Waals surface area (Å²) in [7, 11) is 0. The predicted octanol–water partition coefficient (Wildman–Crippen LogP) is 1.80. The van der Waals surface area contributed by atoms with Crippen molar-refractivity contribution < 1.29 is 9.84 Å². The molecule has 1 aromatic rings. The summed E-state index contributed by atoms with van der Waals surface area (Å²) in [5.74, 6) is 1.33. The van der Waals surface area contributed by atoms with Crippen molar-refractivity contribution in [2.24, 2.45) is 5.92 Å². The second kappa shape index (κ2) is 4.30. The van der Waals surface area contributed by atoms with Crippen LogP contribution in [0.4, 0.5) is 11.4 Å². The molecule has 19 heavy (non-hydrogen) atoms. The number of aliphatic hydroxyl groups is 1. The maximum absolute atomic E-state index is 9.24. The smallest absolute Gasteiger partial charge is 0.125 e. The third-order valence-electron chi connectivity index (χ3n) is 4.10. The van der Waals surface area contributed by atoms with Crippen LogP contribution in [0.15, 0.2) is 12.1 Å². The molecule has 0 amide bonds. The number of ether oxygens (including phenoxy) is 1. The lowest BCUT2D eigenvalue weighted by atomic mass is 10.0. The molecule has 3 rings (SSSR count). The maximum atomic E-state index is 9.24. The Hall–Kier alpha value is -1.42. The van der Waals surface area contributed by atoms with Crippen LogP contribution in [-0.4, -0.2) is 30.4 Å². The van der Waals surface area contributed by atoms with E-state index < -0.39 is 0 Å². The van der Waals surface area contributed by atoms with Gasteiger partial charge in [-0.15, -0.1) is 0 Å². The number of aliphatic hydroxyl groups excluding tert-OH is 1. The average Bonchev–Trinajstić information content (AvgIpc) is 2.90. The van der Waals surface area contributed by atoms with Crippen LogP contribution in [0.25, 0.3) is 0 Å². The Bertz CT molecular complexity index is 499. The minimum absolute atomic E-state index is 0.133. The predicted molar refractivity (Wildman–Crippen MR) is 76.7 cm³/mol. The first-order valence-electron chi connectivity index (χ1n) is 6.96. The van der Waals surface area contributed by atoms with Gasteiger partial charge in [0.2, 0.25) is 0 Å². The van der Waals surface area contributed by atoms with Gasteiger partial charge < -0.3 is 20.5 Å². The van der Waals surface area contributed by atoms with E-state index in [9.17, 15) is 5.11 Å². The van der Waals surface area contributed by atoms with Gasteiger partial charge in [0.1, 0.15) is 11.4 Å². The van der Waals surface area contributed by atoms with Crippen molar-refractivity contribution in [1.29, 1.82) is 0 Å². The summed E-state index contributed by atoms with van der Waals surface area (Å²) in [5.41, 5.74) is 9.12. The molecule has 0 spiro atoms. The van der Waals surface area contributed by atoms with E-state index in [1.807, 2.05) is 6.07 Å². The van der Waals surface area contributed by atoms with Crippen molar-refractivity contribution in [1.82, 2.24) is 0 Å². The van der Waals surface area contributed by atoms with Gasteiger partial charge in [0.25, 0.3) is 0 Å². The Morgan fingerprint density at radius 2 is 2.26 bits per heavy atom. The molecule has 2 aliphatic heterocycles. The fourth-order valence-electron chi connectivity index (χ4n) is 3.13. The first-order chi connectivity index (χ1) is 8.98. The van der Waals surface area contributed by atoms with Crippen molar-refractivity contribution in [2.75, 3.05) is 30.3 Å². The Morgan fingerprint density at radius 1 is 1.47 bits per heavy atom. The van der Waals surface area contributed by atoms with E-state index in [1.54, 1.807) is 0 Å². The van der Waals surface area contributed by atoms with E-state index in [4.69, 9.17) is 10.5 Å². The van der Waals surface area contributed by atoms with E-state index in [-0.39, 0.29) is 12.2 Å². The van der Waals surface area contributed by atoms with E-state index >= 15 is 0 Å². The molecular formula is C15H22N2O2. The Balaban J connectivity index is 1.89. The van der Waals surface area contributed by atoms with E-state index in [0.717, 1.165) is 43.1 Å². The summed E-state index contributed by atoms with van der Waals surface area (Å²) in [6.07, 6.45) is 1.94. The van der Waals surface area contributed by atoms with Gasteiger partial charge in [-0.05, 0) is 26.3 Å². The monoisotopic (exact) mass is 262 g/mol. The highest BCUT2D eigenvalue weighted by Gasteiger charge is 2.32. The molecule has 2 aliphatic rings. The standard InChI is InChI=1S/C15H22N2O2/c1-15(2)7-11-5-12(16)13(6-14(11)19-15)17-4-3-10(8-17)9-18/h5-6,10,18H,3-4,7-9,16H2,1-2H3. The second-order valence-corrected chi connectivity index (χ2v) is 6.34. The molecule has 0 aromatic heterocycles. The molecule has 0 radical (unpaired) electrons. The summed E-state index contributed by atoms with van der Waals surface area (Å²) < 4.78 is 5.97. The number of hydrogen-bond donors (Lipinski definition) is 2. The lowest BCUT2D eigenvalue weighted by Gasteiger charge is -2.21. The van der Waals surface area contributed by atoms with Crippen LogP contribution in [0.5, 0.6) is 5.75 Å². The summed E-state index contributed by atoms with van der Waals surface area (Å²) >= 11 is 0. The van der Waals surface area contributed by atoms with Gasteiger partial charge in [-0.2, -0.15) is 0 Å². The van der Waals surface area contributed by atoms with Crippen LogP contribution in [0.2, 0.25) is 0 Å². The van der Waals surface area contributed by atoms with E-state index in [0.29, 0.717) is 5.92 Å². The number of benzene rings is 1.